The van der Waals surface area contributed by atoms with Gasteiger partial charge in [0.25, 0.3) is 0 Å². The molecule has 0 bridgehead atoms. The van der Waals surface area contributed by atoms with E-state index in [2.05, 4.69) is 10.0 Å². The lowest BCUT2D eigenvalue weighted by atomic mass is 10.2. The molecule has 0 aromatic rings. The summed E-state index contributed by atoms with van der Waals surface area (Å²) in [7, 11) is 0. The third-order valence-corrected chi connectivity index (χ3v) is 2.36. The van der Waals surface area contributed by atoms with E-state index in [4.69, 9.17) is 15.7 Å². The van der Waals surface area contributed by atoms with E-state index < -0.39 is 24.1 Å². The summed E-state index contributed by atoms with van der Waals surface area (Å²) in [6, 6.07) is -1.55. The summed E-state index contributed by atoms with van der Waals surface area (Å²) >= 11 is 0. The maximum atomic E-state index is 10.8. The van der Waals surface area contributed by atoms with Gasteiger partial charge >= 0.3 is 12.1 Å². The Labute approximate surface area is 84.7 Å². The first-order valence-electron chi connectivity index (χ1n) is 4.33. The van der Waals surface area contributed by atoms with Crippen molar-refractivity contribution >= 4 is 12.1 Å². The van der Waals surface area contributed by atoms with Crippen molar-refractivity contribution in [2.24, 2.45) is 5.11 Å². The Morgan fingerprint density at radius 2 is 2.13 bits per heavy atom. The number of carboxylic acids is 1. The van der Waals surface area contributed by atoms with Crippen molar-refractivity contribution in [3.63, 3.8) is 0 Å². The zero-order valence-corrected chi connectivity index (χ0v) is 7.78. The van der Waals surface area contributed by atoms with Gasteiger partial charge in [-0.2, -0.15) is 0 Å². The molecule has 15 heavy (non-hydrogen) atoms. The van der Waals surface area contributed by atoms with Crippen molar-refractivity contribution in [2.75, 3.05) is 6.54 Å². The van der Waals surface area contributed by atoms with Crippen molar-refractivity contribution in [1.29, 1.82) is 0 Å². The molecule has 0 spiro atoms. The predicted octanol–water partition coefficient (Wildman–Crippen LogP) is 0.892. The van der Waals surface area contributed by atoms with E-state index in [0.717, 1.165) is 4.90 Å². The van der Waals surface area contributed by atoms with E-state index in [-0.39, 0.29) is 13.0 Å². The number of carboxylic acid groups (broad SMARTS) is 2. The van der Waals surface area contributed by atoms with Crippen LogP contribution < -0.4 is 0 Å². The van der Waals surface area contributed by atoms with E-state index in [1.165, 1.54) is 0 Å². The maximum Gasteiger partial charge on any atom is 0.408 e. The molecular weight excluding hydrogens is 204 g/mol. The lowest BCUT2D eigenvalue weighted by Gasteiger charge is -2.23. The Morgan fingerprint density at radius 3 is 2.60 bits per heavy atom. The smallest absolute Gasteiger partial charge is 0.408 e. The summed E-state index contributed by atoms with van der Waals surface area (Å²) in [5.41, 5.74) is 8.10. The zero-order valence-electron chi connectivity index (χ0n) is 7.78. The highest BCUT2D eigenvalue weighted by molar-refractivity contribution is 5.80. The topological polar surface area (TPSA) is 127 Å². The van der Waals surface area contributed by atoms with Gasteiger partial charge in [0.05, 0.1) is 0 Å². The Bertz CT molecular complexity index is 325. The molecule has 0 unspecified atom stereocenters. The summed E-state index contributed by atoms with van der Waals surface area (Å²) in [6.07, 6.45) is -0.631. The van der Waals surface area contributed by atoms with Crippen molar-refractivity contribution in [2.45, 2.75) is 24.9 Å². The average Bonchev–Trinajstić information content (AvgIpc) is 2.58. The molecule has 1 heterocycles. The van der Waals surface area contributed by atoms with Gasteiger partial charge in [-0.3, -0.25) is 4.90 Å². The minimum atomic E-state index is -1.29. The summed E-state index contributed by atoms with van der Waals surface area (Å²) in [5, 5.41) is 20.9. The fourth-order valence-electron chi connectivity index (χ4n) is 1.72. The number of hydrogen-bond acceptors (Lipinski definition) is 3. The van der Waals surface area contributed by atoms with Gasteiger partial charge in [0, 0.05) is 17.5 Å². The molecule has 0 aromatic carbocycles. The van der Waals surface area contributed by atoms with Crippen LogP contribution in [-0.4, -0.2) is 45.8 Å². The number of amides is 1. The monoisotopic (exact) mass is 214 g/mol. The second-order valence-electron chi connectivity index (χ2n) is 3.19. The number of aliphatic carboxylic acids is 1. The minimum absolute atomic E-state index is 0.0213. The van der Waals surface area contributed by atoms with E-state index in [1.807, 2.05) is 0 Å². The van der Waals surface area contributed by atoms with Crippen molar-refractivity contribution in [3.05, 3.63) is 10.4 Å². The van der Waals surface area contributed by atoms with E-state index in [0.29, 0.717) is 6.42 Å². The second kappa shape index (κ2) is 4.52. The van der Waals surface area contributed by atoms with Gasteiger partial charge in [0.1, 0.15) is 6.04 Å². The van der Waals surface area contributed by atoms with Crippen LogP contribution in [0.15, 0.2) is 5.11 Å². The highest BCUT2D eigenvalue weighted by atomic mass is 16.4. The molecule has 1 rings (SSSR count). The molecule has 2 atom stereocenters. The highest BCUT2D eigenvalue weighted by Crippen LogP contribution is 2.24. The SMILES string of the molecule is [N-]=[N+]=NC[C@H]1CC[C@@H](C(=O)O)N1C(=O)O. The molecular formula is C7H10N4O4. The largest absolute Gasteiger partial charge is 0.480 e. The standard InChI is InChI=1S/C7H10N4O4/c8-10-9-3-4-1-2-5(6(12)13)11(4)7(14)15/h4-5H,1-3H2,(H,12,13)(H,14,15)/t4-,5+/m1/s1. The molecule has 8 heteroatoms. The van der Waals surface area contributed by atoms with E-state index >= 15 is 0 Å². The maximum absolute atomic E-state index is 10.8. The molecule has 1 aliphatic heterocycles. The Hall–Kier alpha value is -1.95. The quantitative estimate of drug-likeness (QED) is 0.410. The fourth-order valence-corrected chi connectivity index (χ4v) is 1.72. The molecule has 8 nitrogen and oxygen atoms in total. The van der Waals surface area contributed by atoms with Gasteiger partial charge in [-0.1, -0.05) is 5.11 Å². The number of azide groups is 1. The zero-order chi connectivity index (χ0) is 11.4. The molecule has 2 N–H and O–H groups in total. The van der Waals surface area contributed by atoms with Crippen molar-refractivity contribution < 1.29 is 19.8 Å². The minimum Gasteiger partial charge on any atom is -0.480 e. The van der Waals surface area contributed by atoms with Crippen molar-refractivity contribution in [3.8, 4) is 0 Å². The summed E-state index contributed by atoms with van der Waals surface area (Å²) in [6.45, 7) is -0.0213. The summed E-state index contributed by atoms with van der Waals surface area (Å²) < 4.78 is 0. The number of rotatable bonds is 3. The molecule has 0 saturated carbocycles. The third-order valence-electron chi connectivity index (χ3n) is 2.36. The summed E-state index contributed by atoms with van der Waals surface area (Å²) in [5.74, 6) is -1.17. The highest BCUT2D eigenvalue weighted by Gasteiger charge is 2.40. The van der Waals surface area contributed by atoms with Crippen LogP contribution in [0.5, 0.6) is 0 Å². The lowest BCUT2D eigenvalue weighted by Crippen LogP contribution is -2.45. The van der Waals surface area contributed by atoms with E-state index in [9.17, 15) is 9.59 Å². The normalized spacial score (nSPS) is 24.7. The Balaban J connectivity index is 2.79. The van der Waals surface area contributed by atoms with Crippen LogP contribution in [0.4, 0.5) is 4.79 Å². The molecule has 0 radical (unpaired) electrons. The van der Waals surface area contributed by atoms with Crippen LogP contribution in [0, 0.1) is 0 Å². The van der Waals surface area contributed by atoms with Gasteiger partial charge in [-0.25, -0.2) is 9.59 Å². The van der Waals surface area contributed by atoms with Crippen LogP contribution in [0.2, 0.25) is 0 Å². The van der Waals surface area contributed by atoms with Crippen LogP contribution in [-0.2, 0) is 4.79 Å². The van der Waals surface area contributed by atoms with Gasteiger partial charge in [-0.05, 0) is 18.4 Å². The molecule has 1 saturated heterocycles. The number of nitrogens with zero attached hydrogens (tertiary/aromatic N) is 4. The molecule has 0 aromatic heterocycles. The Morgan fingerprint density at radius 1 is 1.47 bits per heavy atom. The number of hydrogen-bond donors (Lipinski definition) is 2. The molecule has 82 valence electrons. The average molecular weight is 214 g/mol. The Kier molecular flexibility index (Phi) is 3.35. The van der Waals surface area contributed by atoms with Crippen LogP contribution >= 0.6 is 0 Å². The first-order valence-corrected chi connectivity index (χ1v) is 4.33. The third kappa shape index (κ3) is 2.29. The van der Waals surface area contributed by atoms with Gasteiger partial charge in [-0.15, -0.1) is 0 Å². The summed E-state index contributed by atoms with van der Waals surface area (Å²) in [4.78, 5) is 24.9. The van der Waals surface area contributed by atoms with Gasteiger partial charge in [0.15, 0.2) is 0 Å². The van der Waals surface area contributed by atoms with Gasteiger partial charge < -0.3 is 10.2 Å². The molecule has 1 fully saturated rings. The fraction of sp³-hybridized carbons (Fsp3) is 0.714. The molecule has 1 aliphatic rings. The number of likely N-dealkylation sites (tertiary alicyclic amines) is 1. The van der Waals surface area contributed by atoms with Gasteiger partial charge in [0.2, 0.25) is 0 Å². The first kappa shape index (κ1) is 11.1. The predicted molar refractivity (Wildman–Crippen MR) is 48.3 cm³/mol. The molecule has 1 amide bonds. The van der Waals surface area contributed by atoms with Crippen molar-refractivity contribution in [1.82, 2.24) is 4.90 Å². The first-order chi connectivity index (χ1) is 7.07. The lowest BCUT2D eigenvalue weighted by molar-refractivity contribution is -0.141. The van der Waals surface area contributed by atoms with E-state index in [1.54, 1.807) is 0 Å². The number of carbonyl (C=O) groups is 2. The van der Waals surface area contributed by atoms with Crippen LogP contribution in [0.3, 0.4) is 0 Å². The molecule has 0 aliphatic carbocycles. The van der Waals surface area contributed by atoms with Crippen LogP contribution in [0.25, 0.3) is 10.4 Å². The van der Waals surface area contributed by atoms with Crippen LogP contribution in [0.1, 0.15) is 12.8 Å². The second-order valence-corrected chi connectivity index (χ2v) is 3.19.